The number of aliphatic hydroxyl groups excluding tert-OH is 5. The van der Waals surface area contributed by atoms with Crippen LogP contribution in [-0.4, -0.2) is 99.6 Å². The van der Waals surface area contributed by atoms with Gasteiger partial charge in [0.05, 0.1) is 25.4 Å². The maximum atomic E-state index is 13.5. The molecule has 89 heavy (non-hydrogen) atoms. The molecule has 0 radical (unpaired) electrons. The molecular formula is C78H139NO10. The number of aliphatic hydroxyl groups is 5. The molecule has 6 N–H and O–H groups in total. The summed E-state index contributed by atoms with van der Waals surface area (Å²) in [5.74, 6) is -1.20. The predicted molar refractivity (Wildman–Crippen MR) is 375 cm³/mol. The van der Waals surface area contributed by atoms with E-state index < -0.39 is 67.4 Å². The van der Waals surface area contributed by atoms with Gasteiger partial charge in [0.25, 0.3) is 0 Å². The average Bonchev–Trinajstić information content (AvgIpc) is 3.72. The molecular weight excluding hydrogens is 1110 g/mol. The smallest absolute Gasteiger partial charge is 0.306 e. The van der Waals surface area contributed by atoms with Gasteiger partial charge in [0.1, 0.15) is 24.4 Å². The van der Waals surface area contributed by atoms with Crippen LogP contribution in [0.15, 0.2) is 85.1 Å². The summed E-state index contributed by atoms with van der Waals surface area (Å²) < 4.78 is 17.7. The van der Waals surface area contributed by atoms with E-state index in [9.17, 15) is 35.1 Å². The standard InChI is InChI=1S/C78H139NO10/c1-4-7-10-13-16-19-22-24-26-28-30-32-34-36-38-40-42-44-46-48-51-54-57-60-63-66-73(83)89-76-75(85)74(84)72(67-80)88-78(76)87-68-69(70(81)64-61-58-55-52-49-21-18-15-12-9-6-3)79-77(86)71(82)65-62-59-56-53-50-47-45-43-41-39-37-35-33-31-29-27-25-23-20-17-14-11-8-5-2/h8,11,17,20,25,27,31,33,37,39,43,45,61,64,69-72,74-76,78,80-82,84-85H,4-7,9-10,12-16,18-19,21-24,26,28-30,32,34-36,38,40-42,44,46-60,62-63,65-68H2,1-3H3,(H,79,86)/b11-8-,20-17-,27-25-,33-31-,39-37-,45-43-,64-61+. The summed E-state index contributed by atoms with van der Waals surface area (Å²) in [5.41, 5.74) is 0. The number of hydrogen-bond donors (Lipinski definition) is 6. The number of esters is 1. The average molecular weight is 1250 g/mol. The Hall–Kier alpha value is -3.16. The Morgan fingerprint density at radius 1 is 0.449 bits per heavy atom. The summed E-state index contributed by atoms with van der Waals surface area (Å²) in [7, 11) is 0. The molecule has 8 atom stereocenters. The van der Waals surface area contributed by atoms with E-state index in [0.717, 1.165) is 109 Å². The third-order valence-corrected chi connectivity index (χ3v) is 17.3. The van der Waals surface area contributed by atoms with Crippen LogP contribution in [0.5, 0.6) is 0 Å². The fourth-order valence-corrected chi connectivity index (χ4v) is 11.5. The molecule has 0 aromatic heterocycles. The Kier molecular flexibility index (Phi) is 61.2. The lowest BCUT2D eigenvalue weighted by atomic mass is 9.99. The number of rotatable bonds is 64. The van der Waals surface area contributed by atoms with Gasteiger partial charge in [-0.15, -0.1) is 0 Å². The summed E-state index contributed by atoms with van der Waals surface area (Å²) >= 11 is 0. The van der Waals surface area contributed by atoms with Gasteiger partial charge in [-0.25, -0.2) is 0 Å². The Morgan fingerprint density at radius 3 is 1.21 bits per heavy atom. The highest BCUT2D eigenvalue weighted by Crippen LogP contribution is 2.26. The first-order chi connectivity index (χ1) is 43.7. The fraction of sp³-hybridized carbons (Fsp3) is 0.795. The highest BCUT2D eigenvalue weighted by molar-refractivity contribution is 5.80. The third kappa shape index (κ3) is 52.0. The highest BCUT2D eigenvalue weighted by atomic mass is 16.7. The summed E-state index contributed by atoms with van der Waals surface area (Å²) in [5, 5.41) is 57.3. The summed E-state index contributed by atoms with van der Waals surface area (Å²) in [4.78, 5) is 26.7. The molecule has 1 rings (SSSR count). The Morgan fingerprint density at radius 2 is 0.809 bits per heavy atom. The van der Waals surface area contributed by atoms with E-state index in [1.807, 2.05) is 6.08 Å². The molecule has 516 valence electrons. The van der Waals surface area contributed by atoms with Gasteiger partial charge >= 0.3 is 5.97 Å². The van der Waals surface area contributed by atoms with E-state index in [1.54, 1.807) is 6.08 Å². The molecule has 1 saturated heterocycles. The van der Waals surface area contributed by atoms with Gasteiger partial charge in [-0.05, 0) is 77.0 Å². The molecule has 1 amide bonds. The maximum absolute atomic E-state index is 13.5. The number of allylic oxidation sites excluding steroid dienone is 13. The van der Waals surface area contributed by atoms with E-state index >= 15 is 0 Å². The number of nitrogens with one attached hydrogen (secondary N) is 1. The molecule has 0 aromatic carbocycles. The largest absolute Gasteiger partial charge is 0.454 e. The van der Waals surface area contributed by atoms with E-state index in [-0.39, 0.29) is 19.4 Å². The summed E-state index contributed by atoms with van der Waals surface area (Å²) in [6, 6.07) is -1.04. The first-order valence-corrected chi connectivity index (χ1v) is 37.4. The zero-order valence-corrected chi connectivity index (χ0v) is 57.5. The Balaban J connectivity index is 2.53. The number of amides is 1. The quantitative estimate of drug-likeness (QED) is 0.0195. The predicted octanol–water partition coefficient (Wildman–Crippen LogP) is 19.6. The monoisotopic (exact) mass is 1250 g/mol. The topological polar surface area (TPSA) is 175 Å². The molecule has 0 bridgehead atoms. The SMILES string of the molecule is CC/C=C\C/C=C\C/C=C\C/C=C\C/C=C\C/C=C\CCCCCCCC(O)C(=O)NC(COC1OC(CO)C(O)C(O)C1OC(=O)CCCCCCCCCCCCCCCCCCCCCCCCCCC)C(O)/C=C/CCCCCCCCCCC. The number of hydrogen-bond acceptors (Lipinski definition) is 10. The zero-order valence-electron chi connectivity index (χ0n) is 57.5. The van der Waals surface area contributed by atoms with Crippen LogP contribution in [0.2, 0.25) is 0 Å². The van der Waals surface area contributed by atoms with Crippen molar-refractivity contribution in [2.45, 2.75) is 384 Å². The minimum Gasteiger partial charge on any atom is -0.454 e. The van der Waals surface area contributed by atoms with Crippen LogP contribution in [0.1, 0.15) is 335 Å². The Bertz CT molecular complexity index is 1780. The van der Waals surface area contributed by atoms with Crippen LogP contribution in [0, 0.1) is 0 Å². The van der Waals surface area contributed by atoms with E-state index in [1.165, 1.54) is 180 Å². The second-order valence-corrected chi connectivity index (χ2v) is 25.7. The van der Waals surface area contributed by atoms with Crippen LogP contribution in [0.3, 0.4) is 0 Å². The van der Waals surface area contributed by atoms with Gasteiger partial charge < -0.3 is 45.1 Å². The lowest BCUT2D eigenvalue weighted by molar-refractivity contribution is -0.305. The van der Waals surface area contributed by atoms with Gasteiger partial charge in [0, 0.05) is 6.42 Å². The van der Waals surface area contributed by atoms with Crippen LogP contribution in [0.25, 0.3) is 0 Å². The fourth-order valence-electron chi connectivity index (χ4n) is 11.5. The Labute approximate surface area is 546 Å². The molecule has 1 fully saturated rings. The van der Waals surface area contributed by atoms with Crippen molar-refractivity contribution in [1.29, 1.82) is 0 Å². The number of carbonyl (C=O) groups excluding carboxylic acids is 2. The van der Waals surface area contributed by atoms with Gasteiger partial charge in [-0.3, -0.25) is 9.59 Å². The van der Waals surface area contributed by atoms with Crippen molar-refractivity contribution in [2.24, 2.45) is 0 Å². The number of ether oxygens (including phenoxy) is 3. The minimum absolute atomic E-state index is 0.123. The summed E-state index contributed by atoms with van der Waals surface area (Å²) in [6.07, 6.45) is 76.4. The van der Waals surface area contributed by atoms with E-state index in [2.05, 4.69) is 99.0 Å². The first kappa shape index (κ1) is 83.9. The summed E-state index contributed by atoms with van der Waals surface area (Å²) in [6.45, 7) is 5.70. The first-order valence-electron chi connectivity index (χ1n) is 37.4. The van der Waals surface area contributed by atoms with E-state index in [0.29, 0.717) is 12.8 Å². The lowest BCUT2D eigenvalue weighted by Crippen LogP contribution is -2.61. The van der Waals surface area contributed by atoms with Crippen LogP contribution < -0.4 is 5.32 Å². The second kappa shape index (κ2) is 64.9. The zero-order chi connectivity index (χ0) is 64.6. The normalized spacial score (nSPS) is 18.6. The van der Waals surface area contributed by atoms with Crippen molar-refractivity contribution in [2.75, 3.05) is 13.2 Å². The molecule has 8 unspecified atom stereocenters. The van der Waals surface area contributed by atoms with Crippen molar-refractivity contribution >= 4 is 11.9 Å². The van der Waals surface area contributed by atoms with Crippen molar-refractivity contribution < 1.29 is 49.3 Å². The van der Waals surface area contributed by atoms with Gasteiger partial charge in [0.2, 0.25) is 5.91 Å². The van der Waals surface area contributed by atoms with Gasteiger partial charge in [-0.2, -0.15) is 0 Å². The van der Waals surface area contributed by atoms with Crippen molar-refractivity contribution in [1.82, 2.24) is 5.32 Å². The van der Waals surface area contributed by atoms with Gasteiger partial charge in [-0.1, -0.05) is 337 Å². The molecule has 1 heterocycles. The lowest BCUT2D eigenvalue weighted by Gasteiger charge is -2.41. The van der Waals surface area contributed by atoms with E-state index in [4.69, 9.17) is 14.2 Å². The van der Waals surface area contributed by atoms with Crippen molar-refractivity contribution in [3.05, 3.63) is 85.1 Å². The van der Waals surface area contributed by atoms with Crippen molar-refractivity contribution in [3.8, 4) is 0 Å². The molecule has 0 saturated carbocycles. The molecule has 1 aliphatic rings. The van der Waals surface area contributed by atoms with Crippen LogP contribution in [0.4, 0.5) is 0 Å². The van der Waals surface area contributed by atoms with Crippen LogP contribution in [-0.2, 0) is 23.8 Å². The van der Waals surface area contributed by atoms with Crippen LogP contribution >= 0.6 is 0 Å². The van der Waals surface area contributed by atoms with Crippen molar-refractivity contribution in [3.63, 3.8) is 0 Å². The van der Waals surface area contributed by atoms with Gasteiger partial charge in [0.15, 0.2) is 12.4 Å². The number of carbonyl (C=O) groups is 2. The minimum atomic E-state index is -1.62. The molecule has 11 nitrogen and oxygen atoms in total. The second-order valence-electron chi connectivity index (χ2n) is 25.7. The molecule has 0 aliphatic carbocycles. The third-order valence-electron chi connectivity index (χ3n) is 17.3. The molecule has 0 aromatic rings. The number of unbranched alkanes of at least 4 members (excludes halogenated alkanes) is 38. The molecule has 0 spiro atoms. The molecule has 1 aliphatic heterocycles. The maximum Gasteiger partial charge on any atom is 0.306 e. The molecule has 11 heteroatoms. The highest BCUT2D eigenvalue weighted by Gasteiger charge is 2.47.